The van der Waals surface area contributed by atoms with E-state index in [0.717, 1.165) is 12.1 Å². The zero-order valence-corrected chi connectivity index (χ0v) is 12.3. The Morgan fingerprint density at radius 2 is 1.91 bits per heavy atom. The van der Waals surface area contributed by atoms with E-state index in [1.54, 1.807) is 7.05 Å². The zero-order chi connectivity index (χ0) is 17.3. The minimum Gasteiger partial charge on any atom is -0.477 e. The lowest BCUT2D eigenvalue weighted by atomic mass is 10.2. The van der Waals surface area contributed by atoms with Crippen LogP contribution in [0.3, 0.4) is 0 Å². The summed E-state index contributed by atoms with van der Waals surface area (Å²) >= 11 is 0. The van der Waals surface area contributed by atoms with E-state index in [4.69, 9.17) is 4.74 Å². The highest BCUT2D eigenvalue weighted by atomic mass is 19.4. The number of rotatable bonds is 5. The Labute approximate surface area is 129 Å². The Hall–Kier alpha value is -2.39. The molecule has 6 nitrogen and oxygen atoms in total. The van der Waals surface area contributed by atoms with Gasteiger partial charge in [-0.3, -0.25) is 0 Å². The predicted molar refractivity (Wildman–Crippen MR) is 75.9 cm³/mol. The topological polar surface area (TPSA) is 68.1 Å². The Bertz CT molecular complexity index is 668. The molecule has 23 heavy (non-hydrogen) atoms. The van der Waals surface area contributed by atoms with Crippen LogP contribution in [0, 0.1) is 0 Å². The molecule has 0 bridgehead atoms. The summed E-state index contributed by atoms with van der Waals surface area (Å²) in [5.41, 5.74) is 0.715. The maximum atomic E-state index is 12.2. The minimum atomic E-state index is -4.77. The first-order valence-electron chi connectivity index (χ1n) is 6.42. The van der Waals surface area contributed by atoms with E-state index in [2.05, 4.69) is 9.84 Å². The summed E-state index contributed by atoms with van der Waals surface area (Å²) < 4.78 is 44.9. The fraction of sp³-hybridized carbons (Fsp3) is 0.286. The molecule has 0 radical (unpaired) electrons. The van der Waals surface area contributed by atoms with Crippen molar-refractivity contribution in [3.8, 4) is 5.75 Å². The van der Waals surface area contributed by atoms with Crippen molar-refractivity contribution in [3.05, 3.63) is 36.0 Å². The van der Waals surface area contributed by atoms with Gasteiger partial charge in [0.15, 0.2) is 5.69 Å². The van der Waals surface area contributed by atoms with Gasteiger partial charge in [-0.1, -0.05) is 5.10 Å². The third-order valence-electron chi connectivity index (χ3n) is 3.12. The van der Waals surface area contributed by atoms with Crippen molar-refractivity contribution in [2.75, 3.05) is 20.8 Å². The van der Waals surface area contributed by atoms with Crippen molar-refractivity contribution >= 4 is 17.4 Å². The molecule has 0 aliphatic carbocycles. The van der Waals surface area contributed by atoms with Gasteiger partial charge < -0.3 is 14.6 Å². The molecule has 1 aliphatic heterocycles. The van der Waals surface area contributed by atoms with E-state index in [1.165, 1.54) is 25.4 Å². The summed E-state index contributed by atoms with van der Waals surface area (Å²) in [5, 5.41) is 13.5. The molecular formula is C14H14F3N2O4+. The van der Waals surface area contributed by atoms with Crippen LogP contribution in [-0.2, 0) is 9.53 Å². The van der Waals surface area contributed by atoms with Crippen LogP contribution >= 0.6 is 0 Å². The molecule has 1 aromatic rings. The van der Waals surface area contributed by atoms with Crippen LogP contribution in [0.2, 0.25) is 0 Å². The molecule has 1 N–H and O–H groups in total. The standard InChI is InChI=1S/C14H13F3N2O4/c1-19(7-11(13(20)21)12(18-19)8-22-2)9-3-5-10(6-4-9)23-14(15,16)17/h3-7H,8H2,1-2H3/p+1. The van der Waals surface area contributed by atoms with Crippen LogP contribution in [0.5, 0.6) is 5.75 Å². The van der Waals surface area contributed by atoms with Gasteiger partial charge in [-0.15, -0.1) is 17.8 Å². The molecular weight excluding hydrogens is 317 g/mol. The number of carboxylic acids is 1. The summed E-state index contributed by atoms with van der Waals surface area (Å²) in [6, 6.07) is 5.06. The maximum Gasteiger partial charge on any atom is 0.573 e. The quantitative estimate of drug-likeness (QED) is 0.842. The average molecular weight is 331 g/mol. The average Bonchev–Trinajstić information content (AvgIpc) is 2.77. The molecule has 124 valence electrons. The number of aliphatic carboxylic acids is 1. The maximum absolute atomic E-state index is 12.2. The van der Waals surface area contributed by atoms with Crippen molar-refractivity contribution < 1.29 is 32.5 Å². The summed E-state index contributed by atoms with van der Waals surface area (Å²) in [6.45, 7) is 0.0151. The number of nitrogens with zero attached hydrogens (tertiary/aromatic N) is 2. The number of methoxy groups -OCH3 is 1. The van der Waals surface area contributed by atoms with Gasteiger partial charge in [-0.25, -0.2) is 4.79 Å². The molecule has 0 saturated carbocycles. The van der Waals surface area contributed by atoms with Gasteiger partial charge in [0, 0.05) is 19.2 Å². The number of ether oxygens (including phenoxy) is 2. The SMILES string of the molecule is COCC1=N[N+](C)(c2ccc(OC(F)(F)F)cc2)C=C1C(=O)O. The summed E-state index contributed by atoms with van der Waals surface area (Å²) in [4.78, 5) is 11.3. The van der Waals surface area contributed by atoms with Gasteiger partial charge >= 0.3 is 12.3 Å². The van der Waals surface area contributed by atoms with E-state index < -0.39 is 12.3 Å². The predicted octanol–water partition coefficient (Wildman–Crippen LogP) is 2.51. The lowest BCUT2D eigenvalue weighted by Crippen LogP contribution is -2.31. The normalized spacial score (nSPS) is 20.9. The number of hydrogen-bond acceptors (Lipinski definition) is 4. The molecule has 1 aliphatic rings. The zero-order valence-electron chi connectivity index (χ0n) is 12.3. The third-order valence-corrected chi connectivity index (χ3v) is 3.12. The van der Waals surface area contributed by atoms with Crippen LogP contribution in [-0.4, -0.2) is 43.9 Å². The van der Waals surface area contributed by atoms with Crippen molar-refractivity contribution in [1.29, 1.82) is 0 Å². The smallest absolute Gasteiger partial charge is 0.477 e. The molecule has 0 spiro atoms. The number of halogens is 3. The highest BCUT2D eigenvalue weighted by Crippen LogP contribution is 2.31. The minimum absolute atomic E-state index is 0.00929. The number of hydrogen-bond donors (Lipinski definition) is 1. The highest BCUT2D eigenvalue weighted by molar-refractivity contribution is 6.21. The second-order valence-electron chi connectivity index (χ2n) is 4.90. The lowest BCUT2D eigenvalue weighted by Gasteiger charge is -2.20. The molecule has 1 heterocycles. The number of quaternary nitrogens is 1. The summed E-state index contributed by atoms with van der Waals surface area (Å²) in [6.07, 6.45) is -3.38. The van der Waals surface area contributed by atoms with Gasteiger partial charge in [-0.2, -0.15) is 0 Å². The lowest BCUT2D eigenvalue weighted by molar-refractivity contribution is -0.274. The van der Waals surface area contributed by atoms with Crippen LogP contribution in [0.15, 0.2) is 41.1 Å². The van der Waals surface area contributed by atoms with Crippen molar-refractivity contribution in [1.82, 2.24) is 4.59 Å². The highest BCUT2D eigenvalue weighted by Gasteiger charge is 2.37. The van der Waals surface area contributed by atoms with Gasteiger partial charge in [0.25, 0.3) is 0 Å². The molecule has 1 unspecified atom stereocenters. The number of carbonyl (C=O) groups is 1. The molecule has 9 heteroatoms. The van der Waals surface area contributed by atoms with E-state index in [9.17, 15) is 23.1 Å². The van der Waals surface area contributed by atoms with Gasteiger partial charge in [0.2, 0.25) is 0 Å². The molecule has 1 atom stereocenters. The Morgan fingerprint density at radius 3 is 2.39 bits per heavy atom. The van der Waals surface area contributed by atoms with Crippen LogP contribution < -0.4 is 9.33 Å². The van der Waals surface area contributed by atoms with E-state index in [1.807, 2.05) is 0 Å². The Kier molecular flexibility index (Phi) is 4.44. The van der Waals surface area contributed by atoms with Crippen LogP contribution in [0.1, 0.15) is 0 Å². The molecule has 0 saturated heterocycles. The number of alkyl halides is 3. The number of benzene rings is 1. The van der Waals surface area contributed by atoms with Gasteiger partial charge in [0.05, 0.1) is 6.61 Å². The summed E-state index contributed by atoms with van der Waals surface area (Å²) in [7, 11) is 3.01. The Morgan fingerprint density at radius 1 is 1.30 bits per heavy atom. The van der Waals surface area contributed by atoms with Gasteiger partial charge in [-0.05, 0) is 12.1 Å². The van der Waals surface area contributed by atoms with E-state index in [-0.39, 0.29) is 28.2 Å². The Balaban J connectivity index is 2.32. The first kappa shape index (κ1) is 17.0. The van der Waals surface area contributed by atoms with E-state index >= 15 is 0 Å². The van der Waals surface area contributed by atoms with Crippen LogP contribution in [0.25, 0.3) is 0 Å². The first-order valence-corrected chi connectivity index (χ1v) is 6.42. The molecule has 0 fully saturated rings. The van der Waals surface area contributed by atoms with Crippen LogP contribution in [0.4, 0.5) is 18.9 Å². The summed E-state index contributed by atoms with van der Waals surface area (Å²) in [5.74, 6) is -1.52. The number of carboxylic acid groups (broad SMARTS) is 1. The third kappa shape index (κ3) is 3.88. The molecule has 1 aromatic carbocycles. The van der Waals surface area contributed by atoms with Crippen molar-refractivity contribution in [2.24, 2.45) is 5.10 Å². The molecule has 0 amide bonds. The second kappa shape index (κ2) is 6.01. The fourth-order valence-corrected chi connectivity index (χ4v) is 2.16. The largest absolute Gasteiger partial charge is 0.573 e. The van der Waals surface area contributed by atoms with Crippen molar-refractivity contribution in [2.45, 2.75) is 6.36 Å². The molecule has 0 aromatic heterocycles. The molecule has 2 rings (SSSR count). The van der Waals surface area contributed by atoms with Gasteiger partial charge in [0.1, 0.15) is 30.3 Å². The monoisotopic (exact) mass is 331 g/mol. The second-order valence-corrected chi connectivity index (χ2v) is 4.90. The first-order chi connectivity index (χ1) is 10.6. The van der Waals surface area contributed by atoms with E-state index in [0.29, 0.717) is 5.69 Å². The van der Waals surface area contributed by atoms with Crippen molar-refractivity contribution in [3.63, 3.8) is 0 Å². The fourth-order valence-electron chi connectivity index (χ4n) is 2.16.